The van der Waals surface area contributed by atoms with Crippen LogP contribution in [0.5, 0.6) is 0 Å². The minimum absolute atomic E-state index is 0.0198. The minimum atomic E-state index is -1.48. The zero-order valence-corrected chi connectivity index (χ0v) is 67.2. The van der Waals surface area contributed by atoms with Gasteiger partial charge >= 0.3 is 0 Å². The van der Waals surface area contributed by atoms with E-state index in [1.807, 2.05) is 0 Å². The molecule has 3 heterocycles. The van der Waals surface area contributed by atoms with Crippen molar-refractivity contribution in [2.75, 3.05) is 152 Å². The summed E-state index contributed by atoms with van der Waals surface area (Å²) in [5.74, 6) is -3.04. The maximum absolute atomic E-state index is 14.2. The molecule has 4 fully saturated rings. The topological polar surface area (TPSA) is 535 Å². The molecule has 1 saturated carbocycles. The van der Waals surface area contributed by atoms with Gasteiger partial charge in [0.2, 0.25) is 47.3 Å². The normalized spacial score (nSPS) is 26.7. The van der Waals surface area contributed by atoms with Crippen molar-refractivity contribution in [1.82, 2.24) is 42.5 Å². The lowest BCUT2D eigenvalue weighted by Crippen LogP contribution is -2.64. The Hall–Kier alpha value is -5.12. The molecule has 112 heavy (non-hydrogen) atoms. The number of amides is 8. The van der Waals surface area contributed by atoms with Crippen molar-refractivity contribution in [3.05, 3.63) is 0 Å². The van der Waals surface area contributed by atoms with E-state index in [0.29, 0.717) is 19.1 Å². The average molecular weight is 1620 g/mol. The standard InChI is InChI=1S/C74H134N8O30/c1-46(86)79-59-65(97)62(94)51(40-83)110-68(59)106-37-34-103-31-28-100-25-22-75-55(90)16-19-74(82-58(93)13-11-12-54(89)78-44-72(7,8)43-73(9,10)45-109-50-15-14-49(50)71(4,5)6,20-17-56(91)76-23-26-101-29-32-104-35-38-107-69-60(80-47(2)87)66(98)63(95)52(41-84)111-69)21-18-57(92)77-24-27-102-30-33-105-36-39-108-70-61(81-48(3)88)67(99)64(96)53(42-85)112-70/h49-53,59-70,83-85,94-99H,11-45H2,1-10H3,(H,75,90)(H,76,91)(H,77,92)(H,78,89)(H,79,86)(H,80,87)(H,81,88)(H,82,93). The van der Waals surface area contributed by atoms with E-state index >= 15 is 0 Å². The van der Waals surface area contributed by atoms with Crippen LogP contribution in [0.3, 0.4) is 0 Å². The van der Waals surface area contributed by atoms with E-state index in [2.05, 4.69) is 91.0 Å². The van der Waals surface area contributed by atoms with Gasteiger partial charge in [0.05, 0.1) is 132 Å². The fourth-order valence-electron chi connectivity index (χ4n) is 13.7. The number of aliphatic hydroxyl groups excluding tert-OH is 9. The van der Waals surface area contributed by atoms with Gasteiger partial charge in [0.1, 0.15) is 73.1 Å². The summed E-state index contributed by atoms with van der Waals surface area (Å²) in [6, 6.07) is -3.37. The molecule has 1 aliphatic carbocycles. The first kappa shape index (κ1) is 99.2. The molecule has 0 spiro atoms. The van der Waals surface area contributed by atoms with Crippen LogP contribution in [0.2, 0.25) is 0 Å². The third-order valence-corrected chi connectivity index (χ3v) is 19.5. The van der Waals surface area contributed by atoms with Gasteiger partial charge in [-0.3, -0.25) is 38.4 Å². The highest BCUT2D eigenvalue weighted by Crippen LogP contribution is 2.45. The van der Waals surface area contributed by atoms with Crippen LogP contribution in [-0.2, 0) is 99.9 Å². The van der Waals surface area contributed by atoms with E-state index < -0.39 is 159 Å². The zero-order chi connectivity index (χ0) is 83.0. The molecule has 38 heteroatoms. The fraction of sp³-hybridized carbons (Fsp3) is 0.892. The number of ether oxygens (including phenoxy) is 13. The summed E-state index contributed by atoms with van der Waals surface area (Å²) >= 11 is 0. The molecule has 0 radical (unpaired) electrons. The van der Waals surface area contributed by atoms with Crippen LogP contribution in [0, 0.1) is 22.2 Å². The van der Waals surface area contributed by atoms with Crippen LogP contribution < -0.4 is 42.5 Å². The summed E-state index contributed by atoms with van der Waals surface area (Å²) in [5.41, 5.74) is -1.65. The van der Waals surface area contributed by atoms with Crippen LogP contribution in [-0.4, -0.2) is 349 Å². The average Bonchev–Trinajstić information content (AvgIpc) is 0.834. The summed E-state index contributed by atoms with van der Waals surface area (Å²) in [7, 11) is 0. The first-order valence-electron chi connectivity index (χ1n) is 39.0. The summed E-state index contributed by atoms with van der Waals surface area (Å²) in [6.45, 7) is 19.0. The number of nitrogens with one attached hydrogen (secondary N) is 8. The van der Waals surface area contributed by atoms with Gasteiger partial charge in [-0.2, -0.15) is 0 Å². The second-order valence-electron chi connectivity index (χ2n) is 31.5. The number of rotatable bonds is 57. The molecule has 650 valence electrons. The monoisotopic (exact) mass is 1610 g/mol. The van der Waals surface area contributed by atoms with Gasteiger partial charge in [0, 0.05) is 84.6 Å². The Balaban J connectivity index is 1.36. The Bertz CT molecular complexity index is 2550. The highest BCUT2D eigenvalue weighted by Gasteiger charge is 2.49. The SMILES string of the molecule is CC(=O)NC1C(OCCOCCOCCNC(=O)CCC(CCC(=O)NCCOCCOCCOC2OC(CO)C(O)C(O)C2NC(C)=O)(CCC(=O)NCCOCCOCCOC2OC(CO)C(O)C(O)C2NC(C)=O)NC(=O)CCCC(=O)NCC(C)(C)CC(C)(C)COC2CCC2C(C)(C)C)OC(CO)C(O)C1O. The lowest BCUT2D eigenvalue weighted by atomic mass is 9.66. The maximum Gasteiger partial charge on any atom is 0.220 e. The van der Waals surface area contributed by atoms with E-state index in [1.165, 1.54) is 20.8 Å². The molecule has 8 amide bonds. The van der Waals surface area contributed by atoms with Gasteiger partial charge < -0.3 is 150 Å². The van der Waals surface area contributed by atoms with Gasteiger partial charge in [0.15, 0.2) is 18.9 Å². The Morgan fingerprint density at radius 1 is 0.384 bits per heavy atom. The molecule has 0 aromatic carbocycles. The van der Waals surface area contributed by atoms with E-state index in [-0.39, 0.29) is 205 Å². The van der Waals surface area contributed by atoms with Gasteiger partial charge in [-0.1, -0.05) is 48.5 Å². The van der Waals surface area contributed by atoms with Crippen molar-refractivity contribution in [2.45, 2.75) is 250 Å². The molecular weight excluding hydrogens is 1480 g/mol. The van der Waals surface area contributed by atoms with Crippen molar-refractivity contribution >= 4 is 47.3 Å². The Labute approximate surface area is 657 Å². The van der Waals surface area contributed by atoms with Gasteiger partial charge in [-0.25, -0.2) is 0 Å². The predicted molar refractivity (Wildman–Crippen MR) is 397 cm³/mol. The molecule has 4 aliphatic rings. The summed E-state index contributed by atoms with van der Waals surface area (Å²) in [5, 5.41) is 113. The molecule has 3 saturated heterocycles. The number of carbonyl (C=O) groups is 8. The van der Waals surface area contributed by atoms with E-state index in [4.69, 9.17) is 61.6 Å². The van der Waals surface area contributed by atoms with Crippen molar-refractivity contribution in [1.29, 1.82) is 0 Å². The van der Waals surface area contributed by atoms with Crippen LogP contribution >= 0.6 is 0 Å². The molecule has 3 aliphatic heterocycles. The van der Waals surface area contributed by atoms with E-state index in [0.717, 1.165) is 19.3 Å². The number of hydrogen-bond donors (Lipinski definition) is 17. The summed E-state index contributed by atoms with van der Waals surface area (Å²) < 4.78 is 73.9. The first-order chi connectivity index (χ1) is 53.0. The maximum atomic E-state index is 14.2. The highest BCUT2D eigenvalue weighted by atomic mass is 16.7. The van der Waals surface area contributed by atoms with Crippen molar-refractivity contribution in [2.24, 2.45) is 22.2 Å². The highest BCUT2D eigenvalue weighted by molar-refractivity contribution is 5.81. The number of hydrogen-bond acceptors (Lipinski definition) is 30. The summed E-state index contributed by atoms with van der Waals surface area (Å²) in [4.78, 5) is 104. The van der Waals surface area contributed by atoms with Gasteiger partial charge in [-0.05, 0) is 67.1 Å². The Kier molecular flexibility index (Phi) is 45.9. The van der Waals surface area contributed by atoms with E-state index in [1.54, 1.807) is 0 Å². The molecule has 0 bridgehead atoms. The lowest BCUT2D eigenvalue weighted by molar-refractivity contribution is -0.272. The molecule has 0 aromatic heterocycles. The fourth-order valence-corrected chi connectivity index (χ4v) is 13.7. The molecule has 17 unspecified atom stereocenters. The van der Waals surface area contributed by atoms with Gasteiger partial charge in [-0.15, -0.1) is 0 Å². The van der Waals surface area contributed by atoms with Crippen LogP contribution in [0.4, 0.5) is 0 Å². The lowest BCUT2D eigenvalue weighted by Gasteiger charge is -2.46. The van der Waals surface area contributed by atoms with Crippen molar-refractivity contribution in [3.8, 4) is 0 Å². The molecule has 17 atom stereocenters. The minimum Gasteiger partial charge on any atom is -0.394 e. The van der Waals surface area contributed by atoms with Crippen molar-refractivity contribution < 1.29 is 146 Å². The van der Waals surface area contributed by atoms with Gasteiger partial charge in [0.25, 0.3) is 0 Å². The Morgan fingerprint density at radius 3 is 1.02 bits per heavy atom. The smallest absolute Gasteiger partial charge is 0.220 e. The molecule has 38 nitrogen and oxygen atoms in total. The summed E-state index contributed by atoms with van der Waals surface area (Å²) in [6.07, 6.45) is -13.3. The Morgan fingerprint density at radius 2 is 0.705 bits per heavy atom. The largest absolute Gasteiger partial charge is 0.394 e. The molecule has 0 aromatic rings. The number of aliphatic hydroxyl groups is 9. The second kappa shape index (κ2) is 51.8. The van der Waals surface area contributed by atoms with E-state index in [9.17, 15) is 84.3 Å². The predicted octanol–water partition coefficient (Wildman–Crippen LogP) is -3.92. The first-order valence-corrected chi connectivity index (χ1v) is 39.0. The van der Waals surface area contributed by atoms with Crippen molar-refractivity contribution in [3.63, 3.8) is 0 Å². The quantitative estimate of drug-likeness (QED) is 0.0259. The molecular formula is C74H134N8O30. The van der Waals surface area contributed by atoms with Crippen LogP contribution in [0.15, 0.2) is 0 Å². The third kappa shape index (κ3) is 37.4. The number of carbonyl (C=O) groups excluding carboxylic acids is 8. The molecule has 17 N–H and O–H groups in total. The van der Waals surface area contributed by atoms with Crippen LogP contribution in [0.1, 0.15) is 146 Å². The molecule has 4 rings (SSSR count). The van der Waals surface area contributed by atoms with Crippen LogP contribution in [0.25, 0.3) is 0 Å². The zero-order valence-electron chi connectivity index (χ0n) is 67.2. The second-order valence-corrected chi connectivity index (χ2v) is 31.5. The third-order valence-electron chi connectivity index (χ3n) is 19.5.